The van der Waals surface area contributed by atoms with E-state index in [0.29, 0.717) is 5.02 Å². The number of hydrogen-bond acceptors (Lipinski definition) is 5. The maximum atomic E-state index is 12.4. The SMILES string of the molecule is O=S(=O)(NC1=N[C@@H](CO)[C@H](c2ccccc2)O1)c1ccc(Cl)cc1. The molecule has 3 rings (SSSR count). The van der Waals surface area contributed by atoms with Crippen molar-refractivity contribution in [1.82, 2.24) is 4.72 Å². The highest BCUT2D eigenvalue weighted by Gasteiger charge is 2.33. The number of ether oxygens (including phenoxy) is 1. The van der Waals surface area contributed by atoms with Gasteiger partial charge >= 0.3 is 0 Å². The lowest BCUT2D eigenvalue weighted by molar-refractivity contribution is 0.149. The minimum Gasteiger partial charge on any atom is -0.454 e. The molecule has 2 N–H and O–H groups in total. The Bertz CT molecular complexity index is 838. The second-order valence-corrected chi connectivity index (χ2v) is 7.31. The van der Waals surface area contributed by atoms with Gasteiger partial charge in [-0.2, -0.15) is 0 Å². The quantitative estimate of drug-likeness (QED) is 0.867. The lowest BCUT2D eigenvalue weighted by Gasteiger charge is -2.16. The molecule has 0 saturated heterocycles. The Labute approximate surface area is 144 Å². The van der Waals surface area contributed by atoms with Crippen LogP contribution in [0.25, 0.3) is 0 Å². The van der Waals surface area contributed by atoms with E-state index in [1.807, 2.05) is 30.3 Å². The minimum atomic E-state index is -3.84. The van der Waals surface area contributed by atoms with Crippen LogP contribution in [0, 0.1) is 0 Å². The fraction of sp³-hybridized carbons (Fsp3) is 0.188. The van der Waals surface area contributed by atoms with E-state index in [-0.39, 0.29) is 17.5 Å². The molecule has 0 aliphatic carbocycles. The van der Waals surface area contributed by atoms with E-state index in [9.17, 15) is 13.5 Å². The molecule has 24 heavy (non-hydrogen) atoms. The summed E-state index contributed by atoms with van der Waals surface area (Å²) in [7, 11) is -3.84. The molecule has 6 nitrogen and oxygen atoms in total. The van der Waals surface area contributed by atoms with Crippen molar-refractivity contribution in [2.45, 2.75) is 17.0 Å². The number of aliphatic hydroxyl groups is 1. The first-order valence-electron chi connectivity index (χ1n) is 7.18. The van der Waals surface area contributed by atoms with E-state index in [0.717, 1.165) is 5.56 Å². The molecule has 1 aliphatic heterocycles. The maximum absolute atomic E-state index is 12.4. The Hall–Kier alpha value is -2.09. The van der Waals surface area contributed by atoms with Gasteiger partial charge in [-0.1, -0.05) is 41.9 Å². The van der Waals surface area contributed by atoms with Crippen molar-refractivity contribution in [3.05, 3.63) is 65.2 Å². The Balaban J connectivity index is 1.79. The van der Waals surface area contributed by atoms with Crippen LogP contribution < -0.4 is 4.72 Å². The highest BCUT2D eigenvalue weighted by Crippen LogP contribution is 2.28. The van der Waals surface area contributed by atoms with E-state index in [1.54, 1.807) is 0 Å². The van der Waals surface area contributed by atoms with Gasteiger partial charge in [0.05, 0.1) is 11.5 Å². The van der Waals surface area contributed by atoms with Crippen molar-refractivity contribution in [2.24, 2.45) is 4.99 Å². The molecule has 2 atom stereocenters. The molecule has 0 bridgehead atoms. The number of rotatable bonds is 4. The number of amidine groups is 1. The van der Waals surface area contributed by atoms with Crippen molar-refractivity contribution in [3.63, 3.8) is 0 Å². The summed E-state index contributed by atoms with van der Waals surface area (Å²) in [6.07, 6.45) is -0.542. The molecule has 0 fully saturated rings. The van der Waals surface area contributed by atoms with Gasteiger partial charge in [0, 0.05) is 5.02 Å². The fourth-order valence-corrected chi connectivity index (χ4v) is 3.42. The standard InChI is InChI=1S/C16H15ClN2O4S/c17-12-6-8-13(9-7-12)24(21,22)19-16-18-14(10-20)15(23-16)11-4-2-1-3-5-11/h1-9,14-15,20H,10H2,(H,18,19)/t14-,15-/m0/s1. The minimum absolute atomic E-state index is 0.0434. The van der Waals surface area contributed by atoms with Crippen LogP contribution in [0.15, 0.2) is 64.5 Å². The molecule has 0 radical (unpaired) electrons. The molecule has 126 valence electrons. The summed E-state index contributed by atoms with van der Waals surface area (Å²) in [5.41, 5.74) is 0.806. The normalized spacial score (nSPS) is 20.3. The third-order valence-electron chi connectivity index (χ3n) is 3.53. The first kappa shape index (κ1) is 16.8. The largest absolute Gasteiger partial charge is 0.454 e. The van der Waals surface area contributed by atoms with Gasteiger partial charge in [0.2, 0.25) is 0 Å². The Morgan fingerprint density at radius 2 is 1.79 bits per heavy atom. The summed E-state index contributed by atoms with van der Waals surface area (Å²) in [6, 6.07) is 14.2. The smallest absolute Gasteiger partial charge is 0.300 e. The van der Waals surface area contributed by atoms with E-state index in [1.165, 1.54) is 24.3 Å². The van der Waals surface area contributed by atoms with Gasteiger partial charge in [-0.3, -0.25) is 0 Å². The van der Waals surface area contributed by atoms with E-state index in [2.05, 4.69) is 9.71 Å². The Morgan fingerprint density at radius 3 is 2.42 bits per heavy atom. The van der Waals surface area contributed by atoms with Crippen LogP contribution in [-0.4, -0.2) is 32.2 Å². The van der Waals surface area contributed by atoms with E-state index in [4.69, 9.17) is 16.3 Å². The summed E-state index contributed by atoms with van der Waals surface area (Å²) in [5, 5.41) is 9.92. The number of benzene rings is 2. The molecule has 0 saturated carbocycles. The average molecular weight is 367 g/mol. The number of halogens is 1. The van der Waals surface area contributed by atoms with Gasteiger partial charge in [-0.25, -0.2) is 18.1 Å². The second-order valence-electron chi connectivity index (χ2n) is 5.19. The van der Waals surface area contributed by atoms with Crippen molar-refractivity contribution < 1.29 is 18.3 Å². The van der Waals surface area contributed by atoms with E-state index >= 15 is 0 Å². The molecule has 8 heteroatoms. The van der Waals surface area contributed by atoms with Crippen LogP contribution in [0.5, 0.6) is 0 Å². The van der Waals surface area contributed by atoms with Crippen LogP contribution in [0.1, 0.15) is 11.7 Å². The summed E-state index contributed by atoms with van der Waals surface area (Å²) >= 11 is 5.77. The van der Waals surface area contributed by atoms with Gasteiger partial charge in [0.1, 0.15) is 6.04 Å². The van der Waals surface area contributed by atoms with Crippen LogP contribution in [0.2, 0.25) is 5.02 Å². The summed E-state index contributed by atoms with van der Waals surface area (Å²) < 4.78 is 32.6. The zero-order valence-corrected chi connectivity index (χ0v) is 14.0. The van der Waals surface area contributed by atoms with Crippen molar-refractivity contribution in [2.75, 3.05) is 6.61 Å². The van der Waals surface area contributed by atoms with Crippen LogP contribution in [0.4, 0.5) is 0 Å². The number of sulfonamides is 1. The Morgan fingerprint density at radius 1 is 1.12 bits per heavy atom. The molecule has 2 aromatic carbocycles. The summed E-state index contributed by atoms with van der Waals surface area (Å²) in [5.74, 6) is 0. The predicted octanol–water partition coefficient (Wildman–Crippen LogP) is 2.11. The third kappa shape index (κ3) is 3.53. The molecule has 0 aromatic heterocycles. The molecule has 1 heterocycles. The number of nitrogens with zero attached hydrogens (tertiary/aromatic N) is 1. The molecule has 0 unspecified atom stereocenters. The molecular weight excluding hydrogens is 352 g/mol. The zero-order valence-electron chi connectivity index (χ0n) is 12.5. The predicted molar refractivity (Wildman–Crippen MR) is 90.4 cm³/mol. The lowest BCUT2D eigenvalue weighted by atomic mass is 10.0. The van der Waals surface area contributed by atoms with Crippen LogP contribution in [-0.2, 0) is 14.8 Å². The highest BCUT2D eigenvalue weighted by molar-refractivity contribution is 7.90. The van der Waals surface area contributed by atoms with Crippen molar-refractivity contribution in [1.29, 1.82) is 0 Å². The molecule has 1 aliphatic rings. The zero-order chi connectivity index (χ0) is 17.2. The van der Waals surface area contributed by atoms with Crippen LogP contribution >= 0.6 is 11.6 Å². The van der Waals surface area contributed by atoms with Gasteiger partial charge in [0.15, 0.2) is 6.10 Å². The van der Waals surface area contributed by atoms with Gasteiger partial charge < -0.3 is 9.84 Å². The molecule has 2 aromatic rings. The lowest BCUT2D eigenvalue weighted by Crippen LogP contribution is -2.31. The number of aliphatic hydroxyl groups excluding tert-OH is 1. The summed E-state index contributed by atoms with van der Waals surface area (Å²) in [6.45, 7) is -0.258. The third-order valence-corrected chi connectivity index (χ3v) is 5.12. The summed E-state index contributed by atoms with van der Waals surface area (Å²) in [4.78, 5) is 4.16. The number of nitrogens with one attached hydrogen (secondary N) is 1. The van der Waals surface area contributed by atoms with Crippen molar-refractivity contribution >= 4 is 27.6 Å². The highest BCUT2D eigenvalue weighted by atomic mass is 35.5. The van der Waals surface area contributed by atoms with Gasteiger partial charge in [-0.05, 0) is 29.8 Å². The first-order valence-corrected chi connectivity index (χ1v) is 9.04. The van der Waals surface area contributed by atoms with Gasteiger partial charge in [0.25, 0.3) is 16.0 Å². The molecule has 0 spiro atoms. The topological polar surface area (TPSA) is 88.0 Å². The monoisotopic (exact) mass is 366 g/mol. The van der Waals surface area contributed by atoms with Gasteiger partial charge in [-0.15, -0.1) is 0 Å². The number of hydrogen-bond donors (Lipinski definition) is 2. The first-order chi connectivity index (χ1) is 11.5. The average Bonchev–Trinajstić information content (AvgIpc) is 2.98. The second kappa shape index (κ2) is 6.80. The number of aliphatic imine (C=N–C) groups is 1. The Kier molecular flexibility index (Phi) is 4.75. The maximum Gasteiger partial charge on any atom is 0.300 e. The van der Waals surface area contributed by atoms with E-state index < -0.39 is 22.2 Å². The molecule has 0 amide bonds. The van der Waals surface area contributed by atoms with Crippen LogP contribution in [0.3, 0.4) is 0 Å². The fourth-order valence-electron chi connectivity index (χ4n) is 2.36. The molecular formula is C16H15ClN2O4S. The van der Waals surface area contributed by atoms with Crippen molar-refractivity contribution in [3.8, 4) is 0 Å².